The minimum Gasteiger partial charge on any atom is -0.438 e. The van der Waals surface area contributed by atoms with Gasteiger partial charge in [0, 0.05) is 12.6 Å². The van der Waals surface area contributed by atoms with Gasteiger partial charge < -0.3 is 20.1 Å². The van der Waals surface area contributed by atoms with Gasteiger partial charge in [0.1, 0.15) is 5.75 Å². The molecule has 1 atom stereocenters. The van der Waals surface area contributed by atoms with Crippen LogP contribution in [-0.2, 0) is 11.2 Å². The molecule has 2 heterocycles. The molecule has 7 heteroatoms. The minimum absolute atomic E-state index is 0.0670. The van der Waals surface area contributed by atoms with Gasteiger partial charge in [-0.15, -0.1) is 5.10 Å². The van der Waals surface area contributed by atoms with Crippen molar-refractivity contribution in [1.29, 1.82) is 0 Å². The van der Waals surface area contributed by atoms with Gasteiger partial charge in [-0.2, -0.15) is 5.10 Å². The molecule has 6 nitrogen and oxygen atoms in total. The van der Waals surface area contributed by atoms with Crippen molar-refractivity contribution in [3.63, 3.8) is 0 Å². The third-order valence-corrected chi connectivity index (χ3v) is 3.77. The molecular weight excluding hydrogens is 281 g/mol. The van der Waals surface area contributed by atoms with Crippen molar-refractivity contribution in [3.05, 3.63) is 41.1 Å². The van der Waals surface area contributed by atoms with Crippen LogP contribution in [-0.4, -0.2) is 22.3 Å². The summed E-state index contributed by atoms with van der Waals surface area (Å²) in [5.74, 6) is 0.988. The van der Waals surface area contributed by atoms with Crippen molar-refractivity contribution in [3.8, 4) is 11.6 Å². The van der Waals surface area contributed by atoms with E-state index in [2.05, 4.69) is 10.2 Å². The monoisotopic (exact) mass is 299 g/mol. The first-order valence-corrected chi connectivity index (χ1v) is 7.30. The van der Waals surface area contributed by atoms with E-state index in [4.69, 9.17) is 15.1 Å². The number of fused-ring (bicyclic) bond motifs is 1. The van der Waals surface area contributed by atoms with E-state index in [0.717, 1.165) is 23.0 Å². The Balaban J connectivity index is 1.89. The Hall–Kier alpha value is -1.96. The SMILES string of the molecule is CCC1OB(O)c2cc(Oc3ccc(CN)nn3)cc(C)c21. The summed E-state index contributed by atoms with van der Waals surface area (Å²) in [7, 11) is -0.909. The van der Waals surface area contributed by atoms with Gasteiger partial charge in [-0.25, -0.2) is 0 Å². The van der Waals surface area contributed by atoms with Crippen molar-refractivity contribution in [2.75, 3.05) is 0 Å². The van der Waals surface area contributed by atoms with Crippen molar-refractivity contribution >= 4 is 12.6 Å². The van der Waals surface area contributed by atoms with E-state index in [0.29, 0.717) is 23.9 Å². The fraction of sp³-hybridized carbons (Fsp3) is 0.333. The minimum atomic E-state index is -0.909. The van der Waals surface area contributed by atoms with Gasteiger partial charge in [0.15, 0.2) is 0 Å². The molecule has 1 aromatic carbocycles. The summed E-state index contributed by atoms with van der Waals surface area (Å²) in [6.45, 7) is 4.36. The molecule has 0 amide bonds. The van der Waals surface area contributed by atoms with Crippen molar-refractivity contribution in [2.24, 2.45) is 5.73 Å². The molecule has 22 heavy (non-hydrogen) atoms. The maximum atomic E-state index is 10.0. The Morgan fingerprint density at radius 2 is 2.18 bits per heavy atom. The first kappa shape index (κ1) is 15.0. The average molecular weight is 299 g/mol. The average Bonchev–Trinajstić information content (AvgIpc) is 2.85. The third kappa shape index (κ3) is 2.70. The number of rotatable bonds is 4. The number of aromatic nitrogens is 2. The molecule has 0 fully saturated rings. The van der Waals surface area contributed by atoms with Gasteiger partial charge in [0.25, 0.3) is 0 Å². The number of ether oxygens (including phenoxy) is 1. The molecule has 1 aromatic heterocycles. The summed E-state index contributed by atoms with van der Waals surface area (Å²) in [5.41, 5.74) is 9.03. The zero-order valence-corrected chi connectivity index (χ0v) is 12.6. The quantitative estimate of drug-likeness (QED) is 0.825. The molecule has 2 aromatic rings. The Kier molecular flexibility index (Phi) is 4.11. The van der Waals surface area contributed by atoms with Gasteiger partial charge in [-0.1, -0.05) is 6.92 Å². The van der Waals surface area contributed by atoms with Crippen molar-refractivity contribution in [1.82, 2.24) is 10.2 Å². The molecule has 0 aliphatic carbocycles. The van der Waals surface area contributed by atoms with Gasteiger partial charge in [-0.3, -0.25) is 0 Å². The molecule has 114 valence electrons. The molecule has 0 radical (unpaired) electrons. The van der Waals surface area contributed by atoms with E-state index >= 15 is 0 Å². The Bertz CT molecular complexity index is 678. The summed E-state index contributed by atoms with van der Waals surface area (Å²) in [6, 6.07) is 7.20. The first-order valence-electron chi connectivity index (χ1n) is 7.30. The molecule has 1 unspecified atom stereocenters. The first-order chi connectivity index (χ1) is 10.6. The van der Waals surface area contributed by atoms with Crippen LogP contribution in [0.3, 0.4) is 0 Å². The van der Waals surface area contributed by atoms with Crippen LogP contribution in [0.2, 0.25) is 0 Å². The highest BCUT2D eigenvalue weighted by atomic mass is 16.5. The molecular formula is C15H18BN3O3. The van der Waals surface area contributed by atoms with Crippen LogP contribution >= 0.6 is 0 Å². The molecule has 0 saturated heterocycles. The second-order valence-corrected chi connectivity index (χ2v) is 5.30. The fourth-order valence-electron chi connectivity index (χ4n) is 2.72. The lowest BCUT2D eigenvalue weighted by atomic mass is 9.77. The van der Waals surface area contributed by atoms with Crippen LogP contribution in [0.15, 0.2) is 24.3 Å². The zero-order chi connectivity index (χ0) is 15.7. The largest absolute Gasteiger partial charge is 0.492 e. The molecule has 3 rings (SSSR count). The highest BCUT2D eigenvalue weighted by Gasteiger charge is 2.35. The summed E-state index contributed by atoms with van der Waals surface area (Å²) < 4.78 is 11.3. The number of benzene rings is 1. The smallest absolute Gasteiger partial charge is 0.438 e. The lowest BCUT2D eigenvalue weighted by Gasteiger charge is -2.13. The van der Waals surface area contributed by atoms with Crippen LogP contribution in [0.25, 0.3) is 0 Å². The van der Waals surface area contributed by atoms with E-state index in [-0.39, 0.29) is 6.10 Å². The van der Waals surface area contributed by atoms with Crippen molar-refractivity contribution in [2.45, 2.75) is 32.9 Å². The van der Waals surface area contributed by atoms with E-state index < -0.39 is 7.12 Å². The van der Waals surface area contributed by atoms with Gasteiger partial charge >= 0.3 is 7.12 Å². The lowest BCUT2D eigenvalue weighted by Crippen LogP contribution is -2.28. The number of nitrogens with zero attached hydrogens (tertiary/aromatic N) is 2. The Morgan fingerprint density at radius 3 is 2.82 bits per heavy atom. The Morgan fingerprint density at radius 1 is 1.36 bits per heavy atom. The van der Waals surface area contributed by atoms with Crippen LogP contribution in [0, 0.1) is 6.92 Å². The molecule has 1 aliphatic rings. The zero-order valence-electron chi connectivity index (χ0n) is 12.6. The topological polar surface area (TPSA) is 90.5 Å². The molecule has 0 saturated carbocycles. The maximum absolute atomic E-state index is 10.0. The van der Waals surface area contributed by atoms with E-state index in [1.165, 1.54) is 0 Å². The van der Waals surface area contributed by atoms with Gasteiger partial charge in [-0.05, 0) is 48.1 Å². The third-order valence-electron chi connectivity index (χ3n) is 3.77. The van der Waals surface area contributed by atoms with Gasteiger partial charge in [0.2, 0.25) is 5.88 Å². The van der Waals surface area contributed by atoms with Crippen LogP contribution in [0.4, 0.5) is 0 Å². The second-order valence-electron chi connectivity index (χ2n) is 5.30. The highest BCUT2D eigenvalue weighted by molar-refractivity contribution is 6.61. The molecule has 3 N–H and O–H groups in total. The predicted octanol–water partition coefficient (Wildman–Crippen LogP) is 1.20. The molecule has 0 spiro atoms. The van der Waals surface area contributed by atoms with Gasteiger partial charge in [0.05, 0.1) is 11.8 Å². The number of nitrogens with two attached hydrogens (primary N) is 1. The second kappa shape index (κ2) is 6.04. The van der Waals surface area contributed by atoms with Crippen LogP contribution < -0.4 is 15.9 Å². The summed E-state index contributed by atoms with van der Waals surface area (Å²) in [5, 5.41) is 18.0. The number of aryl methyl sites for hydroxylation is 1. The fourth-order valence-corrected chi connectivity index (χ4v) is 2.72. The number of hydrogen-bond donors (Lipinski definition) is 2. The molecule has 1 aliphatic heterocycles. The van der Waals surface area contributed by atoms with Crippen LogP contribution in [0.5, 0.6) is 11.6 Å². The standard InChI is InChI=1S/C15H18BN3O3/c1-3-13-15-9(2)6-11(7-12(15)16(20)22-13)21-14-5-4-10(8-17)18-19-14/h4-7,13,20H,3,8,17H2,1-2H3. The van der Waals surface area contributed by atoms with E-state index in [1.54, 1.807) is 18.2 Å². The summed E-state index contributed by atoms with van der Waals surface area (Å²) >= 11 is 0. The molecule has 0 bridgehead atoms. The van der Waals surface area contributed by atoms with E-state index in [9.17, 15) is 5.02 Å². The number of hydrogen-bond acceptors (Lipinski definition) is 6. The summed E-state index contributed by atoms with van der Waals surface area (Å²) in [4.78, 5) is 0. The predicted molar refractivity (Wildman–Crippen MR) is 82.9 cm³/mol. The Labute approximate surface area is 129 Å². The lowest BCUT2D eigenvalue weighted by molar-refractivity contribution is 0.186. The van der Waals surface area contributed by atoms with E-state index in [1.807, 2.05) is 19.9 Å². The highest BCUT2D eigenvalue weighted by Crippen LogP contribution is 2.32. The van der Waals surface area contributed by atoms with Crippen LogP contribution in [0.1, 0.15) is 36.3 Å². The summed E-state index contributed by atoms with van der Waals surface area (Å²) in [6.07, 6.45) is 0.750. The maximum Gasteiger partial charge on any atom is 0.492 e. The van der Waals surface area contributed by atoms with Crippen molar-refractivity contribution < 1.29 is 14.4 Å². The normalized spacial score (nSPS) is 16.7.